The summed E-state index contributed by atoms with van der Waals surface area (Å²) in [4.78, 5) is 18.1. The van der Waals surface area contributed by atoms with Crippen LogP contribution in [0.4, 0.5) is 19.0 Å². The van der Waals surface area contributed by atoms with Crippen LogP contribution in [0.1, 0.15) is 29.1 Å². The molecule has 0 radical (unpaired) electrons. The van der Waals surface area contributed by atoms with Gasteiger partial charge in [0.15, 0.2) is 0 Å². The summed E-state index contributed by atoms with van der Waals surface area (Å²) >= 11 is 0.896. The van der Waals surface area contributed by atoms with Crippen molar-refractivity contribution in [2.75, 3.05) is 25.1 Å². The number of ether oxygens (including phenoxy) is 2. The topological polar surface area (TPSA) is 51.7 Å². The first-order valence-corrected chi connectivity index (χ1v) is 8.51. The van der Waals surface area contributed by atoms with Gasteiger partial charge in [0.1, 0.15) is 15.5 Å². The van der Waals surface area contributed by atoms with Gasteiger partial charge in [-0.15, -0.1) is 11.3 Å². The molecule has 0 saturated carbocycles. The monoisotopic (exact) mass is 374 g/mol. The fourth-order valence-corrected chi connectivity index (χ4v) is 3.93. The molecule has 9 heteroatoms. The Morgan fingerprint density at radius 2 is 1.96 bits per heavy atom. The Bertz CT molecular complexity index is 796. The molecule has 1 aliphatic heterocycles. The minimum absolute atomic E-state index is 0.0870. The van der Waals surface area contributed by atoms with E-state index in [4.69, 9.17) is 4.74 Å². The summed E-state index contributed by atoms with van der Waals surface area (Å²) in [5.41, 5.74) is -0.800. The van der Waals surface area contributed by atoms with E-state index in [1.807, 2.05) is 13.8 Å². The van der Waals surface area contributed by atoms with Crippen molar-refractivity contribution in [3.8, 4) is 0 Å². The van der Waals surface area contributed by atoms with Gasteiger partial charge in [-0.1, -0.05) is 0 Å². The van der Waals surface area contributed by atoms with Gasteiger partial charge in [-0.25, -0.2) is 9.78 Å². The number of halogens is 3. The minimum atomic E-state index is -4.55. The fourth-order valence-electron chi connectivity index (χ4n) is 2.96. The molecular weight excluding hydrogens is 357 g/mol. The van der Waals surface area contributed by atoms with Crippen LogP contribution in [-0.4, -0.2) is 43.4 Å². The summed E-state index contributed by atoms with van der Waals surface area (Å²) in [5.74, 6) is -0.439. The van der Waals surface area contributed by atoms with Crippen LogP contribution in [0.5, 0.6) is 0 Å². The van der Waals surface area contributed by atoms with Crippen LogP contribution < -0.4 is 4.90 Å². The summed E-state index contributed by atoms with van der Waals surface area (Å²) < 4.78 is 50.8. The second kappa shape index (κ2) is 6.45. The van der Waals surface area contributed by atoms with Crippen LogP contribution >= 0.6 is 11.3 Å². The minimum Gasteiger partial charge on any atom is -0.465 e. The molecule has 3 heterocycles. The SMILES string of the molecule is COC(=O)c1cc2c(C(F)(F)F)cc(N3CC(C)OC(C)C3)nc2s1. The number of methoxy groups -OCH3 is 1. The Kier molecular flexibility index (Phi) is 4.63. The van der Waals surface area contributed by atoms with Gasteiger partial charge >= 0.3 is 12.1 Å². The van der Waals surface area contributed by atoms with Crippen LogP contribution in [-0.2, 0) is 15.7 Å². The van der Waals surface area contributed by atoms with Gasteiger partial charge in [0.05, 0.1) is 24.9 Å². The Morgan fingerprint density at radius 3 is 2.52 bits per heavy atom. The first-order chi connectivity index (χ1) is 11.7. The molecule has 136 valence electrons. The molecule has 0 aliphatic carbocycles. The summed E-state index contributed by atoms with van der Waals surface area (Å²) in [6.07, 6.45) is -4.76. The number of thiophene rings is 1. The third-order valence-electron chi connectivity index (χ3n) is 3.93. The summed E-state index contributed by atoms with van der Waals surface area (Å²) in [7, 11) is 1.19. The van der Waals surface area contributed by atoms with Gasteiger partial charge in [-0.3, -0.25) is 0 Å². The summed E-state index contributed by atoms with van der Waals surface area (Å²) in [6, 6.07) is 2.23. The highest BCUT2D eigenvalue weighted by Crippen LogP contribution is 2.39. The summed E-state index contributed by atoms with van der Waals surface area (Å²) in [5, 5.41) is -0.0870. The molecule has 2 aromatic rings. The van der Waals surface area contributed by atoms with Crippen molar-refractivity contribution < 1.29 is 27.4 Å². The molecular formula is C16H17F3N2O3S. The molecule has 0 bridgehead atoms. The van der Waals surface area contributed by atoms with E-state index in [-0.39, 0.29) is 33.1 Å². The molecule has 0 spiro atoms. The number of esters is 1. The third kappa shape index (κ3) is 3.57. The molecule has 1 saturated heterocycles. The van der Waals surface area contributed by atoms with E-state index in [2.05, 4.69) is 9.72 Å². The van der Waals surface area contributed by atoms with Crippen molar-refractivity contribution in [3.63, 3.8) is 0 Å². The van der Waals surface area contributed by atoms with Crippen LogP contribution in [0, 0.1) is 0 Å². The Balaban J connectivity index is 2.12. The van der Waals surface area contributed by atoms with E-state index < -0.39 is 17.7 Å². The van der Waals surface area contributed by atoms with Crippen molar-refractivity contribution in [1.29, 1.82) is 0 Å². The first kappa shape index (κ1) is 17.9. The first-order valence-electron chi connectivity index (χ1n) is 7.69. The number of fused-ring (bicyclic) bond motifs is 1. The zero-order valence-electron chi connectivity index (χ0n) is 13.9. The summed E-state index contributed by atoms with van der Waals surface area (Å²) in [6.45, 7) is 4.64. The zero-order chi connectivity index (χ0) is 18.4. The van der Waals surface area contributed by atoms with E-state index in [9.17, 15) is 18.0 Å². The number of anilines is 1. The highest BCUT2D eigenvalue weighted by Gasteiger charge is 2.36. The quantitative estimate of drug-likeness (QED) is 0.750. The zero-order valence-corrected chi connectivity index (χ0v) is 14.7. The predicted octanol–water partition coefficient (Wildman–Crippen LogP) is 3.72. The van der Waals surface area contributed by atoms with Gasteiger partial charge < -0.3 is 14.4 Å². The van der Waals surface area contributed by atoms with Crippen molar-refractivity contribution in [2.45, 2.75) is 32.2 Å². The van der Waals surface area contributed by atoms with Crippen molar-refractivity contribution in [3.05, 3.63) is 22.6 Å². The Morgan fingerprint density at radius 1 is 1.32 bits per heavy atom. The van der Waals surface area contributed by atoms with Crippen LogP contribution in [0.15, 0.2) is 12.1 Å². The van der Waals surface area contributed by atoms with E-state index in [0.29, 0.717) is 13.1 Å². The largest absolute Gasteiger partial charge is 0.465 e. The molecule has 25 heavy (non-hydrogen) atoms. The van der Waals surface area contributed by atoms with E-state index >= 15 is 0 Å². The third-order valence-corrected chi connectivity index (χ3v) is 4.94. The fraction of sp³-hybridized carbons (Fsp3) is 0.500. The molecule has 2 atom stereocenters. The maximum atomic E-state index is 13.5. The molecule has 2 unspecified atom stereocenters. The number of hydrogen-bond donors (Lipinski definition) is 0. The maximum Gasteiger partial charge on any atom is 0.417 e. The molecule has 2 aromatic heterocycles. The molecule has 5 nitrogen and oxygen atoms in total. The predicted molar refractivity (Wildman–Crippen MR) is 88.2 cm³/mol. The molecule has 1 fully saturated rings. The second-order valence-electron chi connectivity index (χ2n) is 6.01. The molecule has 0 aromatic carbocycles. The Hall–Kier alpha value is -1.87. The van der Waals surface area contributed by atoms with Gasteiger partial charge in [0.2, 0.25) is 0 Å². The number of alkyl halides is 3. The molecule has 1 aliphatic rings. The van der Waals surface area contributed by atoms with Gasteiger partial charge in [0.25, 0.3) is 0 Å². The number of carbonyl (C=O) groups excluding carboxylic acids is 1. The van der Waals surface area contributed by atoms with Gasteiger partial charge in [-0.05, 0) is 26.0 Å². The van der Waals surface area contributed by atoms with E-state index in [0.717, 1.165) is 17.4 Å². The van der Waals surface area contributed by atoms with Crippen molar-refractivity contribution in [1.82, 2.24) is 4.98 Å². The lowest BCUT2D eigenvalue weighted by molar-refractivity contribution is -0.136. The number of hydrogen-bond acceptors (Lipinski definition) is 6. The standard InChI is InChI=1S/C16H17F3N2O3S/c1-8-6-21(7-9(2)24-8)13-5-11(16(17,18)19)10-4-12(15(22)23-3)25-14(10)20-13/h4-5,8-9H,6-7H2,1-3H3. The van der Waals surface area contributed by atoms with Crippen LogP contribution in [0.3, 0.4) is 0 Å². The average molecular weight is 374 g/mol. The lowest BCUT2D eigenvalue weighted by atomic mass is 10.1. The highest BCUT2D eigenvalue weighted by atomic mass is 32.1. The van der Waals surface area contributed by atoms with Gasteiger partial charge in [0, 0.05) is 18.5 Å². The molecule has 0 amide bonds. The number of nitrogens with zero attached hydrogens (tertiary/aromatic N) is 2. The van der Waals surface area contributed by atoms with E-state index in [1.165, 1.54) is 13.2 Å². The number of morpholine rings is 1. The number of aromatic nitrogens is 1. The maximum absolute atomic E-state index is 13.5. The Labute approximate surface area is 146 Å². The van der Waals surface area contributed by atoms with Crippen molar-refractivity contribution >= 4 is 33.3 Å². The smallest absolute Gasteiger partial charge is 0.417 e. The molecule has 3 rings (SSSR count). The highest BCUT2D eigenvalue weighted by molar-refractivity contribution is 7.20. The number of pyridine rings is 1. The number of rotatable bonds is 2. The average Bonchev–Trinajstić information content (AvgIpc) is 2.95. The lowest BCUT2D eigenvalue weighted by Gasteiger charge is -2.36. The van der Waals surface area contributed by atoms with Gasteiger partial charge in [-0.2, -0.15) is 13.2 Å². The van der Waals surface area contributed by atoms with Crippen LogP contribution in [0.25, 0.3) is 10.2 Å². The normalized spacial score (nSPS) is 21.6. The number of carbonyl (C=O) groups is 1. The second-order valence-corrected chi connectivity index (χ2v) is 7.04. The molecule has 0 N–H and O–H groups in total. The van der Waals surface area contributed by atoms with Crippen molar-refractivity contribution in [2.24, 2.45) is 0 Å². The lowest BCUT2D eigenvalue weighted by Crippen LogP contribution is -2.45. The van der Waals surface area contributed by atoms with E-state index in [1.54, 1.807) is 4.90 Å². The van der Waals surface area contributed by atoms with Crippen LogP contribution in [0.2, 0.25) is 0 Å².